The van der Waals surface area contributed by atoms with Gasteiger partial charge in [0.15, 0.2) is 0 Å². The van der Waals surface area contributed by atoms with E-state index in [1.807, 2.05) is 40.4 Å². The number of allylic oxidation sites excluding steroid dienone is 1. The first-order chi connectivity index (χ1) is 18.5. The smallest absolute Gasteiger partial charge is 0.320 e. The molecular formula is C28H31N9O. The molecule has 1 spiro atoms. The molecule has 2 amide bonds. The maximum absolute atomic E-state index is 13.0. The fourth-order valence-corrected chi connectivity index (χ4v) is 5.69. The van der Waals surface area contributed by atoms with E-state index in [0.717, 1.165) is 55.1 Å². The number of pyridine rings is 2. The van der Waals surface area contributed by atoms with Crippen molar-refractivity contribution >= 4 is 29.2 Å². The van der Waals surface area contributed by atoms with Crippen LogP contribution in [0.2, 0.25) is 0 Å². The molecule has 2 aliphatic heterocycles. The van der Waals surface area contributed by atoms with E-state index >= 15 is 0 Å². The molecule has 2 saturated heterocycles. The Kier molecular flexibility index (Phi) is 5.98. The number of carbonyl (C=O) groups is 1. The molecule has 3 aromatic heterocycles. The van der Waals surface area contributed by atoms with Crippen LogP contribution in [-0.2, 0) is 0 Å². The number of anilines is 1. The lowest BCUT2D eigenvalue weighted by atomic mass is 10.0. The molecular weight excluding hydrogens is 478 g/mol. The number of amides is 2. The van der Waals surface area contributed by atoms with Crippen LogP contribution in [0.25, 0.3) is 22.2 Å². The van der Waals surface area contributed by atoms with Crippen LogP contribution in [-0.4, -0.2) is 83.0 Å². The molecule has 3 fully saturated rings. The Bertz CT molecular complexity index is 1450. The van der Waals surface area contributed by atoms with Crippen molar-refractivity contribution in [1.82, 2.24) is 29.7 Å². The summed E-state index contributed by atoms with van der Waals surface area (Å²) in [5.74, 6) is 0.871. The standard InChI is InChI=1S/C28H31N9O/c1-31-15-22(13-29)21-12-24(26-23(14-30)17-33-37(26)18-21)20-2-3-25(32-16-20)34-8-10-35(11-9-34)27(38)36-7-6-28(19-36)4-5-28/h2-3,12-13,15-18,29,31H,4-11,19H2,1H3/b22-15+,29-13?. The summed E-state index contributed by atoms with van der Waals surface area (Å²) in [4.78, 5) is 24.0. The molecule has 6 rings (SSSR count). The van der Waals surface area contributed by atoms with Gasteiger partial charge in [-0.15, -0.1) is 0 Å². The summed E-state index contributed by atoms with van der Waals surface area (Å²) in [7, 11) is 1.79. The van der Waals surface area contributed by atoms with Crippen molar-refractivity contribution < 1.29 is 4.79 Å². The third-order valence-corrected chi connectivity index (χ3v) is 8.12. The van der Waals surface area contributed by atoms with E-state index in [0.29, 0.717) is 35.2 Å². The summed E-state index contributed by atoms with van der Waals surface area (Å²) in [6, 6.07) is 8.40. The Morgan fingerprint density at radius 3 is 2.58 bits per heavy atom. The zero-order valence-electron chi connectivity index (χ0n) is 21.5. The molecule has 3 aliphatic rings. The average molecular weight is 510 g/mol. The van der Waals surface area contributed by atoms with Gasteiger partial charge < -0.3 is 25.4 Å². The molecule has 0 radical (unpaired) electrons. The number of fused-ring (bicyclic) bond motifs is 1. The lowest BCUT2D eigenvalue weighted by molar-refractivity contribution is 0.157. The van der Waals surface area contributed by atoms with Crippen LogP contribution >= 0.6 is 0 Å². The highest BCUT2D eigenvalue weighted by molar-refractivity contribution is 6.08. The van der Waals surface area contributed by atoms with Crippen LogP contribution in [0.3, 0.4) is 0 Å². The number of piperazine rings is 1. The van der Waals surface area contributed by atoms with E-state index in [2.05, 4.69) is 21.4 Å². The predicted molar refractivity (Wildman–Crippen MR) is 146 cm³/mol. The third-order valence-electron chi connectivity index (χ3n) is 8.12. The van der Waals surface area contributed by atoms with Crippen molar-refractivity contribution in [3.8, 4) is 17.2 Å². The predicted octanol–water partition coefficient (Wildman–Crippen LogP) is 3.21. The first kappa shape index (κ1) is 24.0. The zero-order valence-corrected chi connectivity index (χ0v) is 21.5. The second-order valence-electron chi connectivity index (χ2n) is 10.5. The van der Waals surface area contributed by atoms with Crippen molar-refractivity contribution in [3.63, 3.8) is 0 Å². The fraction of sp³-hybridized carbons (Fsp3) is 0.393. The van der Waals surface area contributed by atoms with Gasteiger partial charge in [0.2, 0.25) is 0 Å². The maximum Gasteiger partial charge on any atom is 0.320 e. The molecule has 5 heterocycles. The minimum absolute atomic E-state index is 0.186. The molecule has 0 bridgehead atoms. The van der Waals surface area contributed by atoms with E-state index < -0.39 is 0 Å². The van der Waals surface area contributed by atoms with Gasteiger partial charge in [-0.1, -0.05) is 0 Å². The topological polar surface area (TPSA) is 117 Å². The van der Waals surface area contributed by atoms with Gasteiger partial charge in [0.05, 0.1) is 17.3 Å². The van der Waals surface area contributed by atoms with Crippen LogP contribution < -0.4 is 10.2 Å². The molecule has 0 atom stereocenters. The van der Waals surface area contributed by atoms with Crippen LogP contribution in [0.5, 0.6) is 0 Å². The largest absolute Gasteiger partial charge is 0.393 e. The number of hydrogen-bond acceptors (Lipinski definition) is 7. The maximum atomic E-state index is 13.0. The fourth-order valence-electron chi connectivity index (χ4n) is 5.69. The summed E-state index contributed by atoms with van der Waals surface area (Å²) in [6.45, 7) is 4.71. The number of rotatable bonds is 5. The number of urea groups is 1. The van der Waals surface area contributed by atoms with E-state index in [4.69, 9.17) is 10.4 Å². The highest BCUT2D eigenvalue weighted by Gasteiger charge is 2.49. The second kappa shape index (κ2) is 9.49. The second-order valence-corrected chi connectivity index (χ2v) is 10.5. The summed E-state index contributed by atoms with van der Waals surface area (Å²) in [5, 5.41) is 24.8. The number of hydrogen-bond donors (Lipinski definition) is 2. The van der Waals surface area contributed by atoms with Crippen molar-refractivity contribution in [2.24, 2.45) is 5.41 Å². The normalized spacial score (nSPS) is 18.6. The molecule has 3 aromatic rings. The number of nitriles is 1. The van der Waals surface area contributed by atoms with Crippen LogP contribution in [0.1, 0.15) is 30.4 Å². The first-order valence-corrected chi connectivity index (χ1v) is 13.1. The SMILES string of the molecule is CN/C=C(\C=N)c1cc(-c2ccc(N3CCN(C(=O)N4CCC5(CC5)C4)CC3)nc2)c2c(C#N)cnn2c1. The van der Waals surface area contributed by atoms with Gasteiger partial charge in [-0.05, 0) is 42.9 Å². The van der Waals surface area contributed by atoms with E-state index in [9.17, 15) is 10.1 Å². The molecule has 10 nitrogen and oxygen atoms in total. The number of likely N-dealkylation sites (tertiary alicyclic amines) is 1. The minimum Gasteiger partial charge on any atom is -0.393 e. The Hall–Kier alpha value is -4.39. The Morgan fingerprint density at radius 2 is 1.95 bits per heavy atom. The van der Waals surface area contributed by atoms with Crippen LogP contribution in [0.4, 0.5) is 10.6 Å². The van der Waals surface area contributed by atoms with Crippen molar-refractivity contribution in [1.29, 1.82) is 10.7 Å². The number of carbonyl (C=O) groups excluding carboxylic acids is 1. The third kappa shape index (κ3) is 4.24. The molecule has 0 aromatic carbocycles. The Labute approximate surface area is 221 Å². The van der Waals surface area contributed by atoms with Crippen molar-refractivity contribution in [3.05, 3.63) is 54.1 Å². The molecule has 1 aliphatic carbocycles. The van der Waals surface area contributed by atoms with Gasteiger partial charge in [-0.25, -0.2) is 14.3 Å². The molecule has 10 heteroatoms. The number of nitrogens with zero attached hydrogens (tertiary/aromatic N) is 7. The highest BCUT2D eigenvalue weighted by Crippen LogP contribution is 2.52. The summed E-state index contributed by atoms with van der Waals surface area (Å²) in [6.07, 6.45) is 12.0. The van der Waals surface area contributed by atoms with Gasteiger partial charge in [0.1, 0.15) is 11.9 Å². The summed E-state index contributed by atoms with van der Waals surface area (Å²) in [5.41, 5.74) is 4.83. The van der Waals surface area contributed by atoms with E-state index in [1.165, 1.54) is 19.1 Å². The molecule has 194 valence electrons. The lowest BCUT2D eigenvalue weighted by Gasteiger charge is -2.37. The zero-order chi connectivity index (χ0) is 26.3. The molecule has 38 heavy (non-hydrogen) atoms. The van der Waals surface area contributed by atoms with E-state index in [-0.39, 0.29) is 6.03 Å². The minimum atomic E-state index is 0.186. The quantitative estimate of drug-likeness (QED) is 0.510. The Morgan fingerprint density at radius 1 is 1.13 bits per heavy atom. The first-order valence-electron chi connectivity index (χ1n) is 13.1. The Balaban J connectivity index is 1.21. The number of aromatic nitrogens is 3. The van der Waals surface area contributed by atoms with Gasteiger partial charge >= 0.3 is 6.03 Å². The van der Waals surface area contributed by atoms with Crippen molar-refractivity contribution in [2.75, 3.05) is 51.2 Å². The van der Waals surface area contributed by atoms with E-state index in [1.54, 1.807) is 24.0 Å². The monoisotopic (exact) mass is 509 g/mol. The average Bonchev–Trinajstić information content (AvgIpc) is 3.38. The van der Waals surface area contributed by atoms with Gasteiger partial charge in [0.25, 0.3) is 0 Å². The highest BCUT2D eigenvalue weighted by atomic mass is 16.2. The summed E-state index contributed by atoms with van der Waals surface area (Å²) < 4.78 is 1.69. The molecule has 1 saturated carbocycles. The lowest BCUT2D eigenvalue weighted by Crippen LogP contribution is -2.52. The van der Waals surface area contributed by atoms with Crippen molar-refractivity contribution in [2.45, 2.75) is 19.3 Å². The number of nitrogens with one attached hydrogen (secondary N) is 2. The molecule has 2 N–H and O–H groups in total. The van der Waals surface area contributed by atoms with Gasteiger partial charge in [0, 0.05) is 93.4 Å². The van der Waals surface area contributed by atoms with Crippen LogP contribution in [0, 0.1) is 22.2 Å². The van der Waals surface area contributed by atoms with Crippen LogP contribution in [0.15, 0.2) is 43.0 Å². The molecule has 0 unspecified atom stereocenters. The summed E-state index contributed by atoms with van der Waals surface area (Å²) >= 11 is 0. The van der Waals surface area contributed by atoms with Gasteiger partial charge in [-0.3, -0.25) is 0 Å². The van der Waals surface area contributed by atoms with Gasteiger partial charge in [-0.2, -0.15) is 10.4 Å².